The Morgan fingerprint density at radius 1 is 1.30 bits per heavy atom. The molecule has 100 valence electrons. The zero-order valence-electron chi connectivity index (χ0n) is 10.4. The van der Waals surface area contributed by atoms with E-state index in [4.69, 9.17) is 9.84 Å². The summed E-state index contributed by atoms with van der Waals surface area (Å²) in [5.41, 5.74) is 1.95. The van der Waals surface area contributed by atoms with Crippen molar-refractivity contribution in [3.05, 3.63) is 58.4 Å². The molecule has 1 aromatic carbocycles. The molecule has 5 heteroatoms. The van der Waals surface area contributed by atoms with Crippen LogP contribution in [-0.2, 0) is 6.61 Å². The molecule has 0 unspecified atom stereocenters. The second kappa shape index (κ2) is 5.30. The van der Waals surface area contributed by atoms with E-state index < -0.39 is 5.97 Å². The van der Waals surface area contributed by atoms with E-state index in [1.165, 1.54) is 6.07 Å². The predicted octanol–water partition coefficient (Wildman–Crippen LogP) is 3.57. The lowest BCUT2D eigenvalue weighted by Crippen LogP contribution is -1.96. The van der Waals surface area contributed by atoms with E-state index in [2.05, 4.69) is 4.98 Å². The molecule has 0 atom stereocenters. The van der Waals surface area contributed by atoms with E-state index in [0.717, 1.165) is 27.8 Å². The minimum atomic E-state index is -0.931. The van der Waals surface area contributed by atoms with Crippen molar-refractivity contribution < 1.29 is 14.6 Å². The molecular weight excluding hydrogens is 274 g/mol. The number of carboxylic acid groups (broad SMARTS) is 1. The molecule has 0 aliphatic rings. The van der Waals surface area contributed by atoms with E-state index >= 15 is 0 Å². The van der Waals surface area contributed by atoms with Crippen LogP contribution in [0, 0.1) is 0 Å². The van der Waals surface area contributed by atoms with Gasteiger partial charge in [0.05, 0.1) is 5.52 Å². The summed E-state index contributed by atoms with van der Waals surface area (Å²) in [5, 5.41) is 11.6. The number of thiophene rings is 1. The van der Waals surface area contributed by atoms with Crippen molar-refractivity contribution in [2.75, 3.05) is 0 Å². The van der Waals surface area contributed by atoms with Crippen LogP contribution in [0.25, 0.3) is 10.9 Å². The molecule has 0 spiro atoms. The van der Waals surface area contributed by atoms with Gasteiger partial charge in [0, 0.05) is 28.6 Å². The number of aromatic nitrogens is 1. The molecule has 0 saturated heterocycles. The molecular formula is C15H11NO3S. The SMILES string of the molecule is O=C(O)c1cc(OCc2ccnc3ccccc23)cs1. The molecule has 0 amide bonds. The molecule has 0 radical (unpaired) electrons. The summed E-state index contributed by atoms with van der Waals surface area (Å²) in [6.07, 6.45) is 1.75. The molecule has 0 aliphatic carbocycles. The van der Waals surface area contributed by atoms with Gasteiger partial charge in [0.25, 0.3) is 0 Å². The number of rotatable bonds is 4. The predicted molar refractivity (Wildman–Crippen MR) is 77.4 cm³/mol. The number of nitrogens with zero attached hydrogens (tertiary/aromatic N) is 1. The summed E-state index contributed by atoms with van der Waals surface area (Å²) >= 11 is 1.16. The lowest BCUT2D eigenvalue weighted by Gasteiger charge is -2.07. The van der Waals surface area contributed by atoms with Crippen molar-refractivity contribution in [3.63, 3.8) is 0 Å². The average Bonchev–Trinajstić information content (AvgIpc) is 2.94. The van der Waals surface area contributed by atoms with Crippen molar-refractivity contribution in [1.82, 2.24) is 4.98 Å². The maximum atomic E-state index is 10.8. The Morgan fingerprint density at radius 2 is 2.15 bits per heavy atom. The molecule has 4 nitrogen and oxygen atoms in total. The molecule has 0 saturated carbocycles. The van der Waals surface area contributed by atoms with Crippen LogP contribution in [0.1, 0.15) is 15.2 Å². The van der Waals surface area contributed by atoms with E-state index in [0.29, 0.717) is 12.4 Å². The van der Waals surface area contributed by atoms with Crippen LogP contribution in [0.3, 0.4) is 0 Å². The van der Waals surface area contributed by atoms with Crippen molar-refractivity contribution in [3.8, 4) is 5.75 Å². The molecule has 0 fully saturated rings. The highest BCUT2D eigenvalue weighted by atomic mass is 32.1. The van der Waals surface area contributed by atoms with Gasteiger partial charge >= 0.3 is 5.97 Å². The van der Waals surface area contributed by atoms with E-state index in [1.807, 2.05) is 30.3 Å². The van der Waals surface area contributed by atoms with E-state index in [9.17, 15) is 4.79 Å². The Labute approximate surface area is 119 Å². The molecule has 1 N–H and O–H groups in total. The lowest BCUT2D eigenvalue weighted by molar-refractivity contribution is 0.0702. The van der Waals surface area contributed by atoms with Gasteiger partial charge in [-0.3, -0.25) is 4.98 Å². The van der Waals surface area contributed by atoms with Gasteiger partial charge in [-0.15, -0.1) is 11.3 Å². The van der Waals surface area contributed by atoms with Gasteiger partial charge in [-0.1, -0.05) is 18.2 Å². The third-order valence-electron chi connectivity index (χ3n) is 2.92. The topological polar surface area (TPSA) is 59.4 Å². The molecule has 3 aromatic rings. The Hall–Kier alpha value is -2.40. The molecule has 2 heterocycles. The van der Waals surface area contributed by atoms with Crippen molar-refractivity contribution in [1.29, 1.82) is 0 Å². The fraction of sp³-hybridized carbons (Fsp3) is 0.0667. The van der Waals surface area contributed by atoms with Crippen molar-refractivity contribution in [2.24, 2.45) is 0 Å². The van der Waals surface area contributed by atoms with Crippen LogP contribution in [0.15, 0.2) is 48.0 Å². The Bertz CT molecular complexity index is 761. The van der Waals surface area contributed by atoms with Crippen LogP contribution in [0.2, 0.25) is 0 Å². The summed E-state index contributed by atoms with van der Waals surface area (Å²) in [5.74, 6) is -0.354. The fourth-order valence-corrected chi connectivity index (χ4v) is 2.61. The van der Waals surface area contributed by atoms with Gasteiger partial charge in [-0.2, -0.15) is 0 Å². The number of fused-ring (bicyclic) bond motifs is 1. The first-order chi connectivity index (χ1) is 9.74. The number of hydrogen-bond acceptors (Lipinski definition) is 4. The summed E-state index contributed by atoms with van der Waals surface area (Å²) in [4.78, 5) is 15.4. The molecule has 0 bridgehead atoms. The maximum absolute atomic E-state index is 10.8. The standard InChI is InChI=1S/C15H11NO3S/c17-15(18)14-7-11(9-20-14)19-8-10-5-6-16-13-4-2-1-3-12(10)13/h1-7,9H,8H2,(H,17,18). The third-order valence-corrected chi connectivity index (χ3v) is 3.82. The van der Waals surface area contributed by atoms with Crippen LogP contribution in [0.4, 0.5) is 0 Å². The summed E-state index contributed by atoms with van der Waals surface area (Å²) in [6.45, 7) is 0.388. The minimum absolute atomic E-state index is 0.277. The zero-order valence-corrected chi connectivity index (χ0v) is 11.3. The monoisotopic (exact) mass is 285 g/mol. The normalized spacial score (nSPS) is 10.6. The number of benzene rings is 1. The number of pyridine rings is 1. The second-order valence-electron chi connectivity index (χ2n) is 4.23. The number of carboxylic acids is 1. The summed E-state index contributed by atoms with van der Waals surface area (Å²) in [6, 6.07) is 11.3. The van der Waals surface area contributed by atoms with Gasteiger partial charge in [0.2, 0.25) is 0 Å². The quantitative estimate of drug-likeness (QED) is 0.796. The number of para-hydroxylation sites is 1. The first-order valence-corrected chi connectivity index (χ1v) is 6.89. The largest absolute Gasteiger partial charge is 0.488 e. The van der Waals surface area contributed by atoms with Gasteiger partial charge in [0.1, 0.15) is 17.2 Å². The van der Waals surface area contributed by atoms with Crippen LogP contribution < -0.4 is 4.74 Å². The van der Waals surface area contributed by atoms with Gasteiger partial charge in [-0.05, 0) is 12.1 Å². The lowest BCUT2D eigenvalue weighted by atomic mass is 10.1. The molecule has 0 aliphatic heterocycles. The highest BCUT2D eigenvalue weighted by Crippen LogP contribution is 2.24. The van der Waals surface area contributed by atoms with Crippen LogP contribution in [-0.4, -0.2) is 16.1 Å². The van der Waals surface area contributed by atoms with Gasteiger partial charge in [-0.25, -0.2) is 4.79 Å². The smallest absolute Gasteiger partial charge is 0.346 e. The maximum Gasteiger partial charge on any atom is 0.346 e. The number of carbonyl (C=O) groups is 1. The second-order valence-corrected chi connectivity index (χ2v) is 5.14. The molecule has 2 aromatic heterocycles. The Kier molecular flexibility index (Phi) is 3.35. The fourth-order valence-electron chi connectivity index (χ4n) is 1.95. The minimum Gasteiger partial charge on any atom is -0.488 e. The number of hydrogen-bond donors (Lipinski definition) is 1. The highest BCUT2D eigenvalue weighted by molar-refractivity contribution is 7.12. The average molecular weight is 285 g/mol. The summed E-state index contributed by atoms with van der Waals surface area (Å²) in [7, 11) is 0. The van der Waals surface area contributed by atoms with Crippen molar-refractivity contribution in [2.45, 2.75) is 6.61 Å². The number of ether oxygens (including phenoxy) is 1. The first-order valence-electron chi connectivity index (χ1n) is 6.01. The zero-order chi connectivity index (χ0) is 13.9. The van der Waals surface area contributed by atoms with E-state index in [1.54, 1.807) is 11.6 Å². The first kappa shape index (κ1) is 12.6. The van der Waals surface area contributed by atoms with E-state index in [-0.39, 0.29) is 4.88 Å². The number of aromatic carboxylic acids is 1. The summed E-state index contributed by atoms with van der Waals surface area (Å²) < 4.78 is 5.65. The van der Waals surface area contributed by atoms with Gasteiger partial charge in [0.15, 0.2) is 0 Å². The van der Waals surface area contributed by atoms with Gasteiger partial charge < -0.3 is 9.84 Å². The third kappa shape index (κ3) is 2.48. The van der Waals surface area contributed by atoms with Crippen LogP contribution >= 0.6 is 11.3 Å². The Morgan fingerprint density at radius 3 is 2.95 bits per heavy atom. The van der Waals surface area contributed by atoms with Crippen molar-refractivity contribution >= 4 is 28.2 Å². The molecule has 20 heavy (non-hydrogen) atoms. The Balaban J connectivity index is 1.81. The highest BCUT2D eigenvalue weighted by Gasteiger charge is 2.08. The van der Waals surface area contributed by atoms with Crippen LogP contribution in [0.5, 0.6) is 5.75 Å². The molecule has 3 rings (SSSR count).